The van der Waals surface area contributed by atoms with Gasteiger partial charge in [-0.15, -0.1) is 0 Å². The number of allylic oxidation sites excluding steroid dienone is 3. The molecule has 0 aromatic heterocycles. The summed E-state index contributed by atoms with van der Waals surface area (Å²) in [6, 6.07) is 0. The monoisotopic (exact) mass is 166 g/mol. The summed E-state index contributed by atoms with van der Waals surface area (Å²) in [6.45, 7) is 8.83. The Balaban J connectivity index is 2.93. The third-order valence-electron chi connectivity index (χ3n) is 1.74. The van der Waals surface area contributed by atoms with Crippen LogP contribution in [0, 0.1) is 0 Å². The summed E-state index contributed by atoms with van der Waals surface area (Å²) in [7, 11) is 0. The van der Waals surface area contributed by atoms with Gasteiger partial charge in [-0.05, 0) is 25.5 Å². The predicted molar refractivity (Wildman–Crippen MR) is 48.6 cm³/mol. The van der Waals surface area contributed by atoms with Gasteiger partial charge in [-0.1, -0.05) is 12.7 Å². The second kappa shape index (κ2) is 4.00. The molecule has 1 heterocycles. The number of ether oxygens (including phenoxy) is 2. The Kier molecular flexibility index (Phi) is 2.97. The highest BCUT2D eigenvalue weighted by Gasteiger charge is 2.14. The third kappa shape index (κ3) is 1.70. The second-order valence-electron chi connectivity index (χ2n) is 2.57. The summed E-state index contributed by atoms with van der Waals surface area (Å²) >= 11 is 0. The Labute approximate surface area is 73.2 Å². The molecule has 0 aromatic rings. The van der Waals surface area contributed by atoms with Crippen LogP contribution in [0.1, 0.15) is 13.8 Å². The molecule has 0 amide bonds. The molecular formula is C10H14O2. The first-order valence-corrected chi connectivity index (χ1v) is 4.05. The van der Waals surface area contributed by atoms with Gasteiger partial charge in [0.1, 0.15) is 13.2 Å². The minimum atomic E-state index is 0.623. The first kappa shape index (κ1) is 8.91. The fourth-order valence-electron chi connectivity index (χ4n) is 1.05. The van der Waals surface area contributed by atoms with E-state index in [-0.39, 0.29) is 0 Å². The van der Waals surface area contributed by atoms with Crippen LogP contribution >= 0.6 is 0 Å². The molecule has 2 heteroatoms. The van der Waals surface area contributed by atoms with Gasteiger partial charge < -0.3 is 9.47 Å². The van der Waals surface area contributed by atoms with Crippen LogP contribution < -0.4 is 0 Å². The van der Waals surface area contributed by atoms with Gasteiger partial charge in [-0.3, -0.25) is 0 Å². The van der Waals surface area contributed by atoms with Crippen molar-refractivity contribution in [3.8, 4) is 0 Å². The Bertz CT molecular complexity index is 236. The van der Waals surface area contributed by atoms with Crippen LogP contribution in [0.5, 0.6) is 0 Å². The number of hydrogen-bond donors (Lipinski definition) is 0. The smallest absolute Gasteiger partial charge is 0.163 e. The molecule has 0 aliphatic carbocycles. The molecule has 1 rings (SSSR count). The van der Waals surface area contributed by atoms with Gasteiger partial charge in [-0.25, -0.2) is 0 Å². The van der Waals surface area contributed by atoms with Crippen molar-refractivity contribution in [2.24, 2.45) is 0 Å². The van der Waals surface area contributed by atoms with Crippen molar-refractivity contribution < 1.29 is 9.47 Å². The Morgan fingerprint density at radius 1 is 1.42 bits per heavy atom. The standard InChI is InChI=1S/C10H14O2/c1-4-8(3)10-9(5-2)11-6-7-12-10/h4-5H,1,6-7H2,2-3H3/b9-5+,10-8+. The molecular weight excluding hydrogens is 152 g/mol. The molecule has 1 saturated heterocycles. The largest absolute Gasteiger partial charge is 0.486 e. The molecule has 1 aliphatic rings. The molecule has 0 unspecified atom stereocenters. The number of rotatable bonds is 1. The van der Waals surface area contributed by atoms with Crippen molar-refractivity contribution in [2.75, 3.05) is 13.2 Å². The maximum atomic E-state index is 5.45. The van der Waals surface area contributed by atoms with E-state index in [9.17, 15) is 0 Å². The van der Waals surface area contributed by atoms with Crippen molar-refractivity contribution in [3.05, 3.63) is 35.8 Å². The highest BCUT2D eigenvalue weighted by atomic mass is 16.6. The van der Waals surface area contributed by atoms with Crippen LogP contribution in [0.4, 0.5) is 0 Å². The lowest BCUT2D eigenvalue weighted by molar-refractivity contribution is 0.0580. The van der Waals surface area contributed by atoms with E-state index in [4.69, 9.17) is 9.47 Å². The first-order valence-electron chi connectivity index (χ1n) is 4.05. The summed E-state index contributed by atoms with van der Waals surface area (Å²) in [5.74, 6) is 1.64. The zero-order chi connectivity index (χ0) is 8.97. The maximum absolute atomic E-state index is 5.45. The summed E-state index contributed by atoms with van der Waals surface area (Å²) in [4.78, 5) is 0. The zero-order valence-corrected chi connectivity index (χ0v) is 7.59. The molecule has 0 bridgehead atoms. The molecule has 1 aliphatic heterocycles. The Hall–Kier alpha value is -1.18. The van der Waals surface area contributed by atoms with Crippen molar-refractivity contribution >= 4 is 0 Å². The van der Waals surface area contributed by atoms with Gasteiger partial charge in [0.05, 0.1) is 0 Å². The van der Waals surface area contributed by atoms with E-state index in [0.29, 0.717) is 13.2 Å². The van der Waals surface area contributed by atoms with Crippen molar-refractivity contribution in [2.45, 2.75) is 13.8 Å². The Morgan fingerprint density at radius 2 is 2.08 bits per heavy atom. The van der Waals surface area contributed by atoms with E-state index in [1.54, 1.807) is 6.08 Å². The molecule has 2 nitrogen and oxygen atoms in total. The van der Waals surface area contributed by atoms with Gasteiger partial charge >= 0.3 is 0 Å². The molecule has 0 radical (unpaired) electrons. The minimum absolute atomic E-state index is 0.623. The van der Waals surface area contributed by atoms with Crippen LogP contribution in [0.2, 0.25) is 0 Å². The van der Waals surface area contributed by atoms with Crippen molar-refractivity contribution in [1.82, 2.24) is 0 Å². The topological polar surface area (TPSA) is 18.5 Å². The fourth-order valence-corrected chi connectivity index (χ4v) is 1.05. The quantitative estimate of drug-likeness (QED) is 0.595. The molecule has 0 spiro atoms. The highest BCUT2D eigenvalue weighted by molar-refractivity contribution is 5.31. The van der Waals surface area contributed by atoms with Gasteiger partial charge in [0, 0.05) is 0 Å². The first-order chi connectivity index (χ1) is 5.79. The molecule has 0 saturated carbocycles. The van der Waals surface area contributed by atoms with E-state index < -0.39 is 0 Å². The minimum Gasteiger partial charge on any atom is -0.486 e. The summed E-state index contributed by atoms with van der Waals surface area (Å²) in [5.41, 5.74) is 1.02. The van der Waals surface area contributed by atoms with Gasteiger partial charge in [0.25, 0.3) is 0 Å². The Morgan fingerprint density at radius 3 is 2.67 bits per heavy atom. The van der Waals surface area contributed by atoms with Crippen LogP contribution in [0.3, 0.4) is 0 Å². The lowest BCUT2D eigenvalue weighted by Crippen LogP contribution is -2.14. The molecule has 0 aromatic carbocycles. The van der Waals surface area contributed by atoms with Crippen LogP contribution in [0.25, 0.3) is 0 Å². The zero-order valence-electron chi connectivity index (χ0n) is 7.59. The van der Waals surface area contributed by atoms with Crippen LogP contribution in [0.15, 0.2) is 35.8 Å². The highest BCUT2D eigenvalue weighted by Crippen LogP contribution is 2.21. The van der Waals surface area contributed by atoms with E-state index >= 15 is 0 Å². The van der Waals surface area contributed by atoms with Crippen LogP contribution in [-0.2, 0) is 9.47 Å². The second-order valence-corrected chi connectivity index (χ2v) is 2.57. The molecule has 12 heavy (non-hydrogen) atoms. The van der Waals surface area contributed by atoms with Crippen molar-refractivity contribution in [3.63, 3.8) is 0 Å². The van der Waals surface area contributed by atoms with E-state index in [2.05, 4.69) is 6.58 Å². The van der Waals surface area contributed by atoms with E-state index in [1.165, 1.54) is 0 Å². The van der Waals surface area contributed by atoms with Gasteiger partial charge in [0.2, 0.25) is 0 Å². The average molecular weight is 166 g/mol. The molecule has 0 atom stereocenters. The number of hydrogen-bond acceptors (Lipinski definition) is 2. The van der Waals surface area contributed by atoms with Crippen LogP contribution in [-0.4, -0.2) is 13.2 Å². The van der Waals surface area contributed by atoms with E-state index in [1.807, 2.05) is 19.9 Å². The molecule has 0 N–H and O–H groups in total. The third-order valence-corrected chi connectivity index (χ3v) is 1.74. The van der Waals surface area contributed by atoms with Gasteiger partial charge in [-0.2, -0.15) is 0 Å². The summed E-state index contributed by atoms with van der Waals surface area (Å²) < 4.78 is 10.8. The normalized spacial score (nSPS) is 24.3. The summed E-state index contributed by atoms with van der Waals surface area (Å²) in [6.07, 6.45) is 3.68. The molecule has 1 fully saturated rings. The fraction of sp³-hybridized carbons (Fsp3) is 0.400. The molecule has 66 valence electrons. The average Bonchev–Trinajstić information content (AvgIpc) is 2.16. The predicted octanol–water partition coefficient (Wildman–Crippen LogP) is 2.40. The maximum Gasteiger partial charge on any atom is 0.163 e. The lowest BCUT2D eigenvalue weighted by Gasteiger charge is -2.21. The van der Waals surface area contributed by atoms with Crippen molar-refractivity contribution in [1.29, 1.82) is 0 Å². The summed E-state index contributed by atoms with van der Waals surface area (Å²) in [5, 5.41) is 0. The SMILES string of the molecule is C=C/C(C)=C1/OCCO/C1=C/C. The lowest BCUT2D eigenvalue weighted by atomic mass is 10.2. The van der Waals surface area contributed by atoms with E-state index in [0.717, 1.165) is 17.1 Å². The van der Waals surface area contributed by atoms with Gasteiger partial charge in [0.15, 0.2) is 11.5 Å².